The van der Waals surface area contributed by atoms with E-state index in [1.165, 1.54) is 0 Å². The molecule has 0 radical (unpaired) electrons. The molecule has 18 heavy (non-hydrogen) atoms. The van der Waals surface area contributed by atoms with Crippen LogP contribution in [0, 0.1) is 13.8 Å². The second-order valence-electron chi connectivity index (χ2n) is 4.20. The molecule has 0 spiro atoms. The molecule has 1 heterocycles. The van der Waals surface area contributed by atoms with Gasteiger partial charge in [-0.15, -0.1) is 11.6 Å². The molecule has 2 nitrogen and oxygen atoms in total. The lowest BCUT2D eigenvalue weighted by Crippen LogP contribution is -1.97. The minimum absolute atomic E-state index is 0.235. The first-order chi connectivity index (χ1) is 8.54. The molecule has 0 N–H and O–H groups in total. The molecule has 2 rings (SSSR count). The van der Waals surface area contributed by atoms with Crippen LogP contribution in [-0.4, -0.2) is 7.11 Å². The van der Waals surface area contributed by atoms with Crippen LogP contribution in [-0.2, 0) is 0 Å². The molecule has 0 aliphatic heterocycles. The van der Waals surface area contributed by atoms with Crippen molar-refractivity contribution >= 4 is 27.5 Å². The van der Waals surface area contributed by atoms with E-state index in [0.29, 0.717) is 4.67 Å². The molecule has 1 atom stereocenters. The number of ether oxygens (including phenoxy) is 1. The van der Waals surface area contributed by atoms with Crippen LogP contribution in [0.1, 0.15) is 27.6 Å². The standard InChI is InChI=1S/C14H14BrClO2/c1-8-6-10(7-9(2)13(8)17-3)12(16)11-4-5-18-14(11)15/h4-7,12H,1-3H3. The Labute approximate surface area is 120 Å². The Morgan fingerprint density at radius 2 is 1.89 bits per heavy atom. The summed E-state index contributed by atoms with van der Waals surface area (Å²) in [7, 11) is 1.68. The van der Waals surface area contributed by atoms with Gasteiger partial charge in [-0.25, -0.2) is 0 Å². The van der Waals surface area contributed by atoms with Crippen molar-refractivity contribution in [1.82, 2.24) is 0 Å². The van der Waals surface area contributed by atoms with Crippen LogP contribution >= 0.6 is 27.5 Å². The summed E-state index contributed by atoms with van der Waals surface area (Å²) in [5.74, 6) is 0.911. The summed E-state index contributed by atoms with van der Waals surface area (Å²) < 4.78 is 11.2. The van der Waals surface area contributed by atoms with E-state index < -0.39 is 0 Å². The Kier molecular flexibility index (Phi) is 4.03. The van der Waals surface area contributed by atoms with Gasteiger partial charge < -0.3 is 9.15 Å². The van der Waals surface area contributed by atoms with Crippen LogP contribution in [0.4, 0.5) is 0 Å². The van der Waals surface area contributed by atoms with Gasteiger partial charge in [-0.1, -0.05) is 12.1 Å². The van der Waals surface area contributed by atoms with E-state index in [0.717, 1.165) is 28.0 Å². The van der Waals surface area contributed by atoms with Crippen LogP contribution in [0.3, 0.4) is 0 Å². The van der Waals surface area contributed by atoms with Gasteiger partial charge in [-0.05, 0) is 52.5 Å². The zero-order valence-electron chi connectivity index (χ0n) is 10.5. The topological polar surface area (TPSA) is 22.4 Å². The van der Waals surface area contributed by atoms with Crippen molar-refractivity contribution in [3.05, 3.63) is 51.4 Å². The third kappa shape index (κ3) is 2.43. The van der Waals surface area contributed by atoms with Crippen LogP contribution in [0.2, 0.25) is 0 Å². The van der Waals surface area contributed by atoms with Crippen molar-refractivity contribution in [3.63, 3.8) is 0 Å². The summed E-state index contributed by atoms with van der Waals surface area (Å²) >= 11 is 9.84. The lowest BCUT2D eigenvalue weighted by Gasteiger charge is -2.14. The van der Waals surface area contributed by atoms with Crippen molar-refractivity contribution in [2.45, 2.75) is 19.2 Å². The lowest BCUT2D eigenvalue weighted by molar-refractivity contribution is 0.408. The van der Waals surface area contributed by atoms with E-state index in [4.69, 9.17) is 20.8 Å². The fourth-order valence-corrected chi connectivity index (χ4v) is 3.01. The molecule has 0 aliphatic rings. The average Bonchev–Trinajstić information content (AvgIpc) is 2.74. The maximum absolute atomic E-state index is 6.49. The zero-order chi connectivity index (χ0) is 13.3. The highest BCUT2D eigenvalue weighted by atomic mass is 79.9. The first kappa shape index (κ1) is 13.5. The largest absolute Gasteiger partial charge is 0.496 e. The Hall–Kier alpha value is -0.930. The molecule has 0 bridgehead atoms. The van der Waals surface area contributed by atoms with Gasteiger partial charge >= 0.3 is 0 Å². The van der Waals surface area contributed by atoms with Crippen molar-refractivity contribution < 1.29 is 9.15 Å². The van der Waals surface area contributed by atoms with Gasteiger partial charge in [0.05, 0.1) is 18.8 Å². The Morgan fingerprint density at radius 3 is 2.33 bits per heavy atom. The number of aryl methyl sites for hydroxylation is 2. The van der Waals surface area contributed by atoms with Gasteiger partial charge in [0.1, 0.15) is 5.75 Å². The lowest BCUT2D eigenvalue weighted by atomic mass is 10.0. The summed E-state index contributed by atoms with van der Waals surface area (Å²) in [4.78, 5) is 0. The predicted octanol–water partition coefficient (Wildman–Crippen LogP) is 5.00. The van der Waals surface area contributed by atoms with Crippen molar-refractivity contribution in [3.8, 4) is 5.75 Å². The van der Waals surface area contributed by atoms with Gasteiger partial charge in [-0.3, -0.25) is 0 Å². The minimum Gasteiger partial charge on any atom is -0.496 e. The van der Waals surface area contributed by atoms with E-state index in [1.807, 2.05) is 32.0 Å². The van der Waals surface area contributed by atoms with Gasteiger partial charge in [-0.2, -0.15) is 0 Å². The normalized spacial score (nSPS) is 12.5. The number of alkyl halides is 1. The van der Waals surface area contributed by atoms with Gasteiger partial charge in [0.25, 0.3) is 0 Å². The van der Waals surface area contributed by atoms with Crippen LogP contribution in [0.15, 0.2) is 33.5 Å². The molecule has 0 saturated heterocycles. The molecular weight excluding hydrogens is 316 g/mol. The summed E-state index contributed by atoms with van der Waals surface area (Å²) in [6, 6.07) is 5.96. The molecule has 0 fully saturated rings. The highest BCUT2D eigenvalue weighted by Crippen LogP contribution is 2.37. The molecule has 2 aromatic rings. The first-order valence-electron chi connectivity index (χ1n) is 5.56. The highest BCUT2D eigenvalue weighted by molar-refractivity contribution is 9.10. The van der Waals surface area contributed by atoms with Gasteiger partial charge in [0.2, 0.25) is 0 Å². The van der Waals surface area contributed by atoms with E-state index in [9.17, 15) is 0 Å². The maximum Gasteiger partial charge on any atom is 0.173 e. The SMILES string of the molecule is COc1c(C)cc(C(Cl)c2ccoc2Br)cc1C. The zero-order valence-corrected chi connectivity index (χ0v) is 12.8. The summed E-state index contributed by atoms with van der Waals surface area (Å²) in [6.07, 6.45) is 1.62. The monoisotopic (exact) mass is 328 g/mol. The smallest absolute Gasteiger partial charge is 0.173 e. The van der Waals surface area contributed by atoms with E-state index >= 15 is 0 Å². The number of rotatable bonds is 3. The molecule has 0 saturated carbocycles. The molecule has 0 amide bonds. The summed E-state index contributed by atoms with van der Waals surface area (Å²) in [5.41, 5.74) is 4.13. The second kappa shape index (κ2) is 5.37. The Bertz CT molecular complexity index is 540. The Balaban J connectivity index is 2.43. The summed E-state index contributed by atoms with van der Waals surface area (Å²) in [5, 5.41) is -0.235. The van der Waals surface area contributed by atoms with Crippen LogP contribution in [0.25, 0.3) is 0 Å². The molecular formula is C14H14BrClO2. The number of methoxy groups -OCH3 is 1. The summed E-state index contributed by atoms with van der Waals surface area (Å²) in [6.45, 7) is 4.03. The van der Waals surface area contributed by atoms with E-state index in [2.05, 4.69) is 15.9 Å². The maximum atomic E-state index is 6.49. The van der Waals surface area contributed by atoms with Crippen molar-refractivity contribution in [2.24, 2.45) is 0 Å². The van der Waals surface area contributed by atoms with E-state index in [-0.39, 0.29) is 5.38 Å². The second-order valence-corrected chi connectivity index (χ2v) is 5.36. The van der Waals surface area contributed by atoms with Gasteiger partial charge in [0.15, 0.2) is 4.67 Å². The predicted molar refractivity (Wildman–Crippen MR) is 76.6 cm³/mol. The third-order valence-electron chi connectivity index (χ3n) is 2.90. The number of hydrogen-bond donors (Lipinski definition) is 0. The molecule has 0 aliphatic carbocycles. The van der Waals surface area contributed by atoms with Crippen molar-refractivity contribution in [2.75, 3.05) is 7.11 Å². The molecule has 4 heteroatoms. The average molecular weight is 330 g/mol. The fraction of sp³-hybridized carbons (Fsp3) is 0.286. The van der Waals surface area contributed by atoms with Crippen LogP contribution in [0.5, 0.6) is 5.75 Å². The van der Waals surface area contributed by atoms with Crippen molar-refractivity contribution in [1.29, 1.82) is 0 Å². The van der Waals surface area contributed by atoms with Crippen LogP contribution < -0.4 is 4.74 Å². The highest BCUT2D eigenvalue weighted by Gasteiger charge is 2.18. The first-order valence-corrected chi connectivity index (χ1v) is 6.79. The number of furan rings is 1. The number of halogens is 2. The molecule has 1 aromatic heterocycles. The van der Waals surface area contributed by atoms with E-state index in [1.54, 1.807) is 13.4 Å². The number of hydrogen-bond acceptors (Lipinski definition) is 2. The molecule has 1 unspecified atom stereocenters. The molecule has 1 aromatic carbocycles. The molecule has 96 valence electrons. The fourth-order valence-electron chi connectivity index (χ4n) is 2.12. The quantitative estimate of drug-likeness (QED) is 0.740. The van der Waals surface area contributed by atoms with Gasteiger partial charge in [0, 0.05) is 5.56 Å². The third-order valence-corrected chi connectivity index (χ3v) is 4.03. The Morgan fingerprint density at radius 1 is 1.28 bits per heavy atom. The minimum atomic E-state index is -0.235. The number of benzene rings is 1.